The van der Waals surface area contributed by atoms with E-state index in [1.807, 2.05) is 19.1 Å². The zero-order chi connectivity index (χ0) is 22.1. The zero-order valence-electron chi connectivity index (χ0n) is 18.0. The molecule has 166 valence electrons. The SMILES string of the molecule is CCC(Oc1ccc(CC2CC2)cc1)c1nnn(-c2ccc(C(=O)NC3CC3)c(F)c2)n1. The van der Waals surface area contributed by atoms with Crippen LogP contribution < -0.4 is 10.1 Å². The fraction of sp³-hybridized carbons (Fsp3) is 0.417. The first-order valence-electron chi connectivity index (χ1n) is 11.3. The summed E-state index contributed by atoms with van der Waals surface area (Å²) >= 11 is 0. The lowest BCUT2D eigenvalue weighted by Gasteiger charge is -2.14. The van der Waals surface area contributed by atoms with Gasteiger partial charge < -0.3 is 10.1 Å². The minimum atomic E-state index is -0.617. The first-order valence-corrected chi connectivity index (χ1v) is 11.3. The van der Waals surface area contributed by atoms with E-state index < -0.39 is 11.7 Å². The molecule has 1 unspecified atom stereocenters. The van der Waals surface area contributed by atoms with E-state index in [1.54, 1.807) is 6.07 Å². The van der Waals surface area contributed by atoms with Crippen molar-refractivity contribution in [2.24, 2.45) is 5.92 Å². The van der Waals surface area contributed by atoms with Crippen LogP contribution in [0.5, 0.6) is 5.75 Å². The lowest BCUT2D eigenvalue weighted by atomic mass is 10.1. The van der Waals surface area contributed by atoms with E-state index in [2.05, 4.69) is 32.9 Å². The molecule has 0 saturated heterocycles. The van der Waals surface area contributed by atoms with E-state index in [-0.39, 0.29) is 17.7 Å². The number of nitrogens with zero attached hydrogens (tertiary/aromatic N) is 4. The van der Waals surface area contributed by atoms with Gasteiger partial charge in [-0.2, -0.15) is 0 Å². The molecule has 7 nitrogen and oxygen atoms in total. The summed E-state index contributed by atoms with van der Waals surface area (Å²) in [6, 6.07) is 12.6. The van der Waals surface area contributed by atoms with E-state index in [9.17, 15) is 9.18 Å². The summed E-state index contributed by atoms with van der Waals surface area (Å²) in [6.07, 6.45) is 5.97. The Labute approximate surface area is 186 Å². The minimum Gasteiger partial charge on any atom is -0.482 e. The number of halogens is 1. The summed E-state index contributed by atoms with van der Waals surface area (Å²) < 4.78 is 20.6. The number of hydrogen-bond donors (Lipinski definition) is 1. The largest absolute Gasteiger partial charge is 0.482 e. The van der Waals surface area contributed by atoms with Gasteiger partial charge in [0.25, 0.3) is 5.91 Å². The fourth-order valence-electron chi connectivity index (χ4n) is 3.61. The average Bonchev–Trinajstić information content (AvgIpc) is 3.73. The normalized spacial score (nSPS) is 16.6. The van der Waals surface area contributed by atoms with Gasteiger partial charge in [0, 0.05) is 12.1 Å². The van der Waals surface area contributed by atoms with Crippen LogP contribution in [0.1, 0.15) is 66.9 Å². The monoisotopic (exact) mass is 435 g/mol. The van der Waals surface area contributed by atoms with Crippen LogP contribution in [0.15, 0.2) is 42.5 Å². The Morgan fingerprint density at radius 1 is 1.19 bits per heavy atom. The van der Waals surface area contributed by atoms with E-state index in [0.29, 0.717) is 17.9 Å². The molecule has 2 aliphatic carbocycles. The number of benzene rings is 2. The summed E-state index contributed by atoms with van der Waals surface area (Å²) in [7, 11) is 0. The van der Waals surface area contributed by atoms with Crippen LogP contribution in [0.3, 0.4) is 0 Å². The molecule has 2 aromatic carbocycles. The highest BCUT2D eigenvalue weighted by Crippen LogP contribution is 2.33. The van der Waals surface area contributed by atoms with Gasteiger partial charge in [-0.05, 0) is 79.5 Å². The Morgan fingerprint density at radius 3 is 2.62 bits per heavy atom. The molecule has 0 radical (unpaired) electrons. The molecular weight excluding hydrogens is 409 g/mol. The molecule has 2 saturated carbocycles. The molecule has 8 heteroatoms. The topological polar surface area (TPSA) is 81.9 Å². The van der Waals surface area contributed by atoms with Gasteiger partial charge in [-0.3, -0.25) is 4.79 Å². The van der Waals surface area contributed by atoms with Gasteiger partial charge >= 0.3 is 0 Å². The van der Waals surface area contributed by atoms with Gasteiger partial charge in [-0.25, -0.2) is 4.39 Å². The second-order valence-corrected chi connectivity index (χ2v) is 8.66. The minimum absolute atomic E-state index is 0.0147. The van der Waals surface area contributed by atoms with Crippen molar-refractivity contribution in [1.29, 1.82) is 0 Å². The van der Waals surface area contributed by atoms with Crippen LogP contribution in [-0.2, 0) is 6.42 Å². The van der Waals surface area contributed by atoms with Gasteiger partial charge in [0.05, 0.1) is 11.3 Å². The lowest BCUT2D eigenvalue weighted by molar-refractivity contribution is 0.0947. The van der Waals surface area contributed by atoms with Crippen LogP contribution >= 0.6 is 0 Å². The van der Waals surface area contributed by atoms with Crippen molar-refractivity contribution in [1.82, 2.24) is 25.5 Å². The van der Waals surface area contributed by atoms with Crippen molar-refractivity contribution in [2.45, 2.75) is 57.6 Å². The van der Waals surface area contributed by atoms with Crippen LogP contribution in [0.4, 0.5) is 4.39 Å². The second-order valence-electron chi connectivity index (χ2n) is 8.66. The van der Waals surface area contributed by atoms with Crippen LogP contribution in [0.2, 0.25) is 0 Å². The highest BCUT2D eigenvalue weighted by atomic mass is 19.1. The number of amides is 1. The van der Waals surface area contributed by atoms with Crippen molar-refractivity contribution in [2.75, 3.05) is 0 Å². The van der Waals surface area contributed by atoms with Crippen LogP contribution in [0, 0.1) is 11.7 Å². The lowest BCUT2D eigenvalue weighted by Crippen LogP contribution is -2.26. The predicted octanol–water partition coefficient (Wildman–Crippen LogP) is 4.18. The molecule has 1 N–H and O–H groups in total. The van der Waals surface area contributed by atoms with E-state index in [1.165, 1.54) is 35.3 Å². The fourth-order valence-corrected chi connectivity index (χ4v) is 3.61. The average molecular weight is 436 g/mol. The number of ether oxygens (including phenoxy) is 1. The number of rotatable bonds is 9. The molecule has 32 heavy (non-hydrogen) atoms. The molecular formula is C24H26FN5O2. The summed E-state index contributed by atoms with van der Waals surface area (Å²) in [5, 5.41) is 15.3. The standard InChI is InChI=1S/C24H26FN5O2/c1-2-22(32-19-10-5-16(6-11-19)13-15-3-4-15)23-27-29-30(28-23)18-9-12-20(21(25)14-18)24(31)26-17-7-8-17/h5-6,9-12,14-15,17,22H,2-4,7-8,13H2,1H3,(H,26,31). The van der Waals surface area contributed by atoms with E-state index in [4.69, 9.17) is 4.74 Å². The highest BCUT2D eigenvalue weighted by Gasteiger charge is 2.25. The zero-order valence-corrected chi connectivity index (χ0v) is 18.0. The van der Waals surface area contributed by atoms with Gasteiger partial charge in [-0.1, -0.05) is 19.1 Å². The Kier molecular flexibility index (Phi) is 5.59. The molecule has 0 spiro atoms. The molecule has 2 aliphatic rings. The molecule has 1 aromatic heterocycles. The summed E-state index contributed by atoms with van der Waals surface area (Å²) in [5.74, 6) is 1.01. The van der Waals surface area contributed by atoms with Gasteiger partial charge in [0.15, 0.2) is 6.10 Å². The molecule has 1 amide bonds. The third kappa shape index (κ3) is 4.79. The Morgan fingerprint density at radius 2 is 1.97 bits per heavy atom. The van der Waals surface area contributed by atoms with Gasteiger partial charge in [0.2, 0.25) is 5.82 Å². The Hall–Kier alpha value is -3.29. The maximum atomic E-state index is 14.5. The molecule has 5 rings (SSSR count). The molecule has 2 fully saturated rings. The van der Waals surface area contributed by atoms with Gasteiger partial charge in [-0.15, -0.1) is 15.0 Å². The van der Waals surface area contributed by atoms with Crippen molar-refractivity contribution in [3.05, 3.63) is 65.2 Å². The summed E-state index contributed by atoms with van der Waals surface area (Å²) in [5.41, 5.74) is 1.73. The number of carbonyl (C=O) groups is 1. The van der Waals surface area contributed by atoms with Crippen molar-refractivity contribution < 1.29 is 13.9 Å². The molecule has 1 heterocycles. The maximum Gasteiger partial charge on any atom is 0.254 e. The highest BCUT2D eigenvalue weighted by molar-refractivity contribution is 5.95. The van der Waals surface area contributed by atoms with Crippen molar-refractivity contribution in [3.63, 3.8) is 0 Å². The van der Waals surface area contributed by atoms with E-state index >= 15 is 0 Å². The first kappa shape index (κ1) is 20.6. The number of nitrogens with one attached hydrogen (secondary N) is 1. The molecule has 1 atom stereocenters. The molecule has 0 aliphatic heterocycles. The Bertz CT molecular complexity index is 1110. The van der Waals surface area contributed by atoms with Gasteiger partial charge in [0.1, 0.15) is 11.6 Å². The van der Waals surface area contributed by atoms with Crippen LogP contribution in [-0.4, -0.2) is 32.2 Å². The summed E-state index contributed by atoms with van der Waals surface area (Å²) in [4.78, 5) is 13.4. The van der Waals surface area contributed by atoms with Crippen molar-refractivity contribution >= 4 is 5.91 Å². The second kappa shape index (κ2) is 8.68. The predicted molar refractivity (Wildman–Crippen MR) is 116 cm³/mol. The number of aromatic nitrogens is 4. The summed E-state index contributed by atoms with van der Waals surface area (Å²) in [6.45, 7) is 1.99. The quantitative estimate of drug-likeness (QED) is 0.545. The number of tetrazole rings is 1. The van der Waals surface area contributed by atoms with E-state index in [0.717, 1.165) is 30.9 Å². The Balaban J connectivity index is 1.27. The van der Waals surface area contributed by atoms with Crippen LogP contribution in [0.25, 0.3) is 5.69 Å². The third-order valence-electron chi connectivity index (χ3n) is 5.85. The maximum absolute atomic E-state index is 14.5. The molecule has 0 bridgehead atoms. The number of carbonyl (C=O) groups excluding carboxylic acids is 1. The number of hydrogen-bond acceptors (Lipinski definition) is 5. The van der Waals surface area contributed by atoms with Crippen molar-refractivity contribution in [3.8, 4) is 11.4 Å². The third-order valence-corrected chi connectivity index (χ3v) is 5.85. The molecule has 3 aromatic rings. The smallest absolute Gasteiger partial charge is 0.254 e. The first-order chi connectivity index (χ1) is 15.6.